The first-order valence-corrected chi connectivity index (χ1v) is 5.51. The van der Waals surface area contributed by atoms with Gasteiger partial charge in [0.05, 0.1) is 5.02 Å². The number of amides is 3. The number of anilines is 1. The first-order valence-electron chi connectivity index (χ1n) is 5.13. The van der Waals surface area contributed by atoms with Gasteiger partial charge in [0.2, 0.25) is 5.91 Å². The zero-order chi connectivity index (χ0) is 12.4. The summed E-state index contributed by atoms with van der Waals surface area (Å²) in [6.07, 6.45) is 1.64. The topological polar surface area (TPSA) is 58.2 Å². The minimum absolute atomic E-state index is 0.0439. The van der Waals surface area contributed by atoms with E-state index < -0.39 is 11.8 Å². The SMILES string of the molecule is O=C(NC(=O)C1CC1)Nc1ccc(F)c(Cl)c1. The summed E-state index contributed by atoms with van der Waals surface area (Å²) >= 11 is 5.55. The van der Waals surface area contributed by atoms with E-state index in [0.29, 0.717) is 5.69 Å². The number of urea groups is 1. The molecule has 2 rings (SSSR count). The Morgan fingerprint density at radius 3 is 2.65 bits per heavy atom. The first-order chi connectivity index (χ1) is 8.06. The summed E-state index contributed by atoms with van der Waals surface area (Å²) < 4.78 is 12.8. The molecule has 0 bridgehead atoms. The highest BCUT2D eigenvalue weighted by atomic mass is 35.5. The van der Waals surface area contributed by atoms with Gasteiger partial charge in [-0.05, 0) is 31.0 Å². The number of carbonyl (C=O) groups is 2. The molecule has 0 saturated heterocycles. The molecule has 4 nitrogen and oxygen atoms in total. The molecule has 0 spiro atoms. The van der Waals surface area contributed by atoms with Crippen molar-refractivity contribution in [2.24, 2.45) is 5.92 Å². The zero-order valence-corrected chi connectivity index (χ0v) is 9.55. The molecule has 2 N–H and O–H groups in total. The molecule has 1 saturated carbocycles. The van der Waals surface area contributed by atoms with Crippen LogP contribution >= 0.6 is 11.6 Å². The molecule has 17 heavy (non-hydrogen) atoms. The van der Waals surface area contributed by atoms with Crippen molar-refractivity contribution in [1.82, 2.24) is 5.32 Å². The van der Waals surface area contributed by atoms with Gasteiger partial charge in [0.1, 0.15) is 5.82 Å². The van der Waals surface area contributed by atoms with Gasteiger partial charge in [0, 0.05) is 11.6 Å². The van der Waals surface area contributed by atoms with Crippen LogP contribution in [-0.4, -0.2) is 11.9 Å². The Morgan fingerprint density at radius 2 is 2.06 bits per heavy atom. The highest BCUT2D eigenvalue weighted by Crippen LogP contribution is 2.28. The van der Waals surface area contributed by atoms with Crippen LogP contribution in [0.2, 0.25) is 5.02 Å². The van der Waals surface area contributed by atoms with E-state index in [9.17, 15) is 14.0 Å². The number of hydrogen-bond donors (Lipinski definition) is 2. The average Bonchev–Trinajstić information content (AvgIpc) is 3.06. The highest BCUT2D eigenvalue weighted by molar-refractivity contribution is 6.31. The van der Waals surface area contributed by atoms with Crippen LogP contribution in [0.3, 0.4) is 0 Å². The van der Waals surface area contributed by atoms with Crippen molar-refractivity contribution in [3.05, 3.63) is 29.0 Å². The molecule has 0 heterocycles. The minimum Gasteiger partial charge on any atom is -0.308 e. The van der Waals surface area contributed by atoms with Crippen molar-refractivity contribution in [3.8, 4) is 0 Å². The highest BCUT2D eigenvalue weighted by Gasteiger charge is 2.30. The maximum absolute atomic E-state index is 12.8. The summed E-state index contributed by atoms with van der Waals surface area (Å²) in [5.41, 5.74) is 0.331. The third kappa shape index (κ3) is 3.17. The van der Waals surface area contributed by atoms with Crippen molar-refractivity contribution in [2.75, 3.05) is 5.32 Å². The second-order valence-electron chi connectivity index (χ2n) is 3.85. The molecular formula is C11H10ClFN2O2. The Morgan fingerprint density at radius 1 is 1.35 bits per heavy atom. The van der Waals surface area contributed by atoms with E-state index in [1.54, 1.807) is 0 Å². The van der Waals surface area contributed by atoms with E-state index in [1.165, 1.54) is 12.1 Å². The molecule has 1 aromatic carbocycles. The predicted octanol–water partition coefficient (Wildman–Crippen LogP) is 2.54. The normalized spacial score (nSPS) is 14.2. The Bertz CT molecular complexity index is 475. The molecule has 0 radical (unpaired) electrons. The second-order valence-corrected chi connectivity index (χ2v) is 4.25. The number of nitrogens with one attached hydrogen (secondary N) is 2. The van der Waals surface area contributed by atoms with Crippen LogP contribution in [0.25, 0.3) is 0 Å². The predicted molar refractivity (Wildman–Crippen MR) is 61.3 cm³/mol. The van der Waals surface area contributed by atoms with E-state index in [0.717, 1.165) is 18.9 Å². The summed E-state index contributed by atoms with van der Waals surface area (Å²) in [5, 5.41) is 4.51. The van der Waals surface area contributed by atoms with Gasteiger partial charge in [0.15, 0.2) is 0 Å². The molecular weight excluding hydrogens is 247 g/mol. The minimum atomic E-state index is -0.635. The fourth-order valence-electron chi connectivity index (χ4n) is 1.30. The fraction of sp³-hybridized carbons (Fsp3) is 0.273. The van der Waals surface area contributed by atoms with Crippen LogP contribution in [-0.2, 0) is 4.79 Å². The van der Waals surface area contributed by atoms with E-state index in [-0.39, 0.29) is 16.8 Å². The summed E-state index contributed by atoms with van der Waals surface area (Å²) in [7, 11) is 0. The van der Waals surface area contributed by atoms with Gasteiger partial charge in [-0.25, -0.2) is 9.18 Å². The van der Waals surface area contributed by atoms with E-state index in [4.69, 9.17) is 11.6 Å². The number of hydrogen-bond acceptors (Lipinski definition) is 2. The Hall–Kier alpha value is -1.62. The zero-order valence-electron chi connectivity index (χ0n) is 8.80. The smallest absolute Gasteiger partial charge is 0.308 e. The van der Waals surface area contributed by atoms with Crippen LogP contribution < -0.4 is 10.6 Å². The monoisotopic (exact) mass is 256 g/mol. The lowest BCUT2D eigenvalue weighted by molar-refractivity contribution is -0.121. The number of halogens is 2. The standard InChI is InChI=1S/C11H10ClFN2O2/c12-8-5-7(3-4-9(8)13)14-11(17)15-10(16)6-1-2-6/h3-6H,1-2H2,(H2,14,15,16,17). The van der Waals surface area contributed by atoms with Crippen LogP contribution in [0.4, 0.5) is 14.9 Å². The van der Waals surface area contributed by atoms with E-state index >= 15 is 0 Å². The van der Waals surface area contributed by atoms with Crippen LogP contribution in [0.15, 0.2) is 18.2 Å². The van der Waals surface area contributed by atoms with E-state index in [2.05, 4.69) is 10.6 Å². The molecule has 1 aliphatic carbocycles. The number of imide groups is 1. The second kappa shape index (κ2) is 4.71. The van der Waals surface area contributed by atoms with Crippen molar-refractivity contribution in [1.29, 1.82) is 0 Å². The number of carbonyl (C=O) groups excluding carboxylic acids is 2. The Labute approximate surface area is 102 Å². The average molecular weight is 257 g/mol. The van der Waals surface area contributed by atoms with Crippen LogP contribution in [0, 0.1) is 11.7 Å². The molecule has 0 aromatic heterocycles. The van der Waals surface area contributed by atoms with Crippen molar-refractivity contribution < 1.29 is 14.0 Å². The van der Waals surface area contributed by atoms with Gasteiger partial charge < -0.3 is 5.32 Å². The van der Waals surface area contributed by atoms with Crippen LogP contribution in [0.5, 0.6) is 0 Å². The van der Waals surface area contributed by atoms with Gasteiger partial charge in [-0.2, -0.15) is 0 Å². The molecule has 6 heteroatoms. The Balaban J connectivity index is 1.92. The van der Waals surface area contributed by atoms with Gasteiger partial charge in [-0.15, -0.1) is 0 Å². The largest absolute Gasteiger partial charge is 0.325 e. The first kappa shape index (κ1) is 11.9. The summed E-state index contributed by atoms with van der Waals surface area (Å²) in [4.78, 5) is 22.6. The maximum Gasteiger partial charge on any atom is 0.325 e. The molecule has 90 valence electrons. The lowest BCUT2D eigenvalue weighted by Crippen LogP contribution is -2.35. The Kier molecular flexibility index (Phi) is 3.28. The van der Waals surface area contributed by atoms with Gasteiger partial charge in [-0.1, -0.05) is 11.6 Å². The van der Waals surface area contributed by atoms with Crippen molar-refractivity contribution >= 4 is 29.2 Å². The lowest BCUT2D eigenvalue weighted by atomic mass is 10.3. The molecule has 0 atom stereocenters. The quantitative estimate of drug-likeness (QED) is 0.854. The van der Waals surface area contributed by atoms with Crippen molar-refractivity contribution in [2.45, 2.75) is 12.8 Å². The molecule has 3 amide bonds. The molecule has 0 aliphatic heterocycles. The fourth-order valence-corrected chi connectivity index (χ4v) is 1.48. The maximum atomic E-state index is 12.8. The summed E-state index contributed by atoms with van der Waals surface area (Å²) in [5.74, 6) is -0.889. The molecule has 0 unspecified atom stereocenters. The molecule has 1 fully saturated rings. The number of rotatable bonds is 2. The third-order valence-corrected chi connectivity index (χ3v) is 2.65. The summed E-state index contributed by atoms with van der Waals surface area (Å²) in [6, 6.07) is 3.14. The van der Waals surface area contributed by atoms with Crippen LogP contribution in [0.1, 0.15) is 12.8 Å². The number of benzene rings is 1. The molecule has 1 aliphatic rings. The van der Waals surface area contributed by atoms with E-state index in [1.807, 2.05) is 0 Å². The third-order valence-electron chi connectivity index (χ3n) is 2.36. The van der Waals surface area contributed by atoms with Gasteiger partial charge in [-0.3, -0.25) is 10.1 Å². The summed E-state index contributed by atoms with van der Waals surface area (Å²) in [6.45, 7) is 0. The van der Waals surface area contributed by atoms with Gasteiger partial charge >= 0.3 is 6.03 Å². The molecule has 1 aromatic rings. The van der Waals surface area contributed by atoms with Gasteiger partial charge in [0.25, 0.3) is 0 Å². The van der Waals surface area contributed by atoms with Crippen molar-refractivity contribution in [3.63, 3.8) is 0 Å². The lowest BCUT2D eigenvalue weighted by Gasteiger charge is -2.06.